The van der Waals surface area contributed by atoms with E-state index in [1.54, 1.807) is 0 Å². The lowest BCUT2D eigenvalue weighted by Crippen LogP contribution is -2.26. The summed E-state index contributed by atoms with van der Waals surface area (Å²) in [7, 11) is 0. The molecule has 9 aromatic rings. The molecule has 9 aromatic carbocycles. The highest BCUT2D eigenvalue weighted by molar-refractivity contribution is 6.04. The summed E-state index contributed by atoms with van der Waals surface area (Å²) >= 11 is 0. The highest BCUT2D eigenvalue weighted by Crippen LogP contribution is 2.64. The largest absolute Gasteiger partial charge is 0.310 e. The number of anilines is 3. The first-order valence-corrected chi connectivity index (χ1v) is 18.8. The number of hydrogen-bond acceptors (Lipinski definition) is 1. The molecular formula is C53H35N. The van der Waals surface area contributed by atoms with Gasteiger partial charge in [0.1, 0.15) is 0 Å². The van der Waals surface area contributed by atoms with E-state index in [0.29, 0.717) is 0 Å². The van der Waals surface area contributed by atoms with Gasteiger partial charge in [-0.15, -0.1) is 0 Å². The van der Waals surface area contributed by atoms with Gasteiger partial charge >= 0.3 is 0 Å². The summed E-state index contributed by atoms with van der Waals surface area (Å²) < 4.78 is 0. The smallest absolute Gasteiger partial charge is 0.0731 e. The van der Waals surface area contributed by atoms with E-state index >= 15 is 0 Å². The number of benzene rings is 9. The maximum absolute atomic E-state index is 2.44. The predicted molar refractivity (Wildman–Crippen MR) is 226 cm³/mol. The van der Waals surface area contributed by atoms with Crippen LogP contribution in [-0.4, -0.2) is 0 Å². The maximum Gasteiger partial charge on any atom is 0.0731 e. The van der Waals surface area contributed by atoms with Gasteiger partial charge in [0.15, 0.2) is 0 Å². The Morgan fingerprint density at radius 3 is 1.35 bits per heavy atom. The molecule has 252 valence electrons. The Morgan fingerprint density at radius 1 is 0.296 bits per heavy atom. The van der Waals surface area contributed by atoms with Crippen molar-refractivity contribution in [1.29, 1.82) is 0 Å². The number of hydrogen-bond donors (Lipinski definition) is 0. The summed E-state index contributed by atoms with van der Waals surface area (Å²) in [6.07, 6.45) is 0. The standard InChI is InChI=1S/C53H35N/c1-3-13-36(14-4-1)38-23-28-41(29-24-38)54(42-30-25-39(26-31-42)37-15-5-2-6-16-37)43-32-34-51-48(35-43)47-33-27-40-17-7-8-18-44(40)52(47)53(51)49-21-11-9-19-45(49)46-20-10-12-22-50(46)53/h1-35H. The molecule has 2 aliphatic rings. The molecule has 1 nitrogen and oxygen atoms in total. The summed E-state index contributed by atoms with van der Waals surface area (Å²) in [5, 5.41) is 2.58. The molecule has 0 aromatic heterocycles. The quantitative estimate of drug-likeness (QED) is 0.174. The zero-order chi connectivity index (χ0) is 35.6. The first-order chi connectivity index (χ1) is 26.8. The van der Waals surface area contributed by atoms with Crippen LogP contribution >= 0.6 is 0 Å². The van der Waals surface area contributed by atoms with Crippen LogP contribution in [0.15, 0.2) is 212 Å². The van der Waals surface area contributed by atoms with Crippen LogP contribution in [0.2, 0.25) is 0 Å². The SMILES string of the molecule is c1ccc(-c2ccc(N(c3ccc(-c4ccccc4)cc3)c3ccc4c(c3)-c3ccc5ccccc5c3C43c4ccccc4-c4ccccc43)cc2)cc1. The minimum Gasteiger partial charge on any atom is -0.310 e. The molecule has 54 heavy (non-hydrogen) atoms. The molecule has 0 unspecified atom stereocenters. The van der Waals surface area contributed by atoms with Gasteiger partial charge in [0.2, 0.25) is 0 Å². The van der Waals surface area contributed by atoms with Gasteiger partial charge in [-0.2, -0.15) is 0 Å². The number of fused-ring (bicyclic) bond motifs is 12. The molecule has 0 amide bonds. The highest BCUT2D eigenvalue weighted by Gasteiger charge is 2.52. The molecule has 11 rings (SSSR count). The number of rotatable bonds is 5. The van der Waals surface area contributed by atoms with E-state index in [1.165, 1.54) is 77.5 Å². The minimum atomic E-state index is -0.420. The van der Waals surface area contributed by atoms with Crippen LogP contribution in [0.5, 0.6) is 0 Å². The minimum absolute atomic E-state index is 0.420. The van der Waals surface area contributed by atoms with Gasteiger partial charge in [-0.25, -0.2) is 0 Å². The Labute approximate surface area is 316 Å². The van der Waals surface area contributed by atoms with Crippen molar-refractivity contribution in [3.63, 3.8) is 0 Å². The van der Waals surface area contributed by atoms with Gasteiger partial charge in [-0.3, -0.25) is 0 Å². The van der Waals surface area contributed by atoms with E-state index in [2.05, 4.69) is 217 Å². The second-order valence-corrected chi connectivity index (χ2v) is 14.4. The topological polar surface area (TPSA) is 3.24 Å². The first-order valence-electron chi connectivity index (χ1n) is 18.8. The van der Waals surface area contributed by atoms with E-state index in [-0.39, 0.29) is 0 Å². The lowest BCUT2D eigenvalue weighted by molar-refractivity contribution is 0.801. The van der Waals surface area contributed by atoms with Crippen LogP contribution in [0.4, 0.5) is 17.1 Å². The Bertz CT molecular complexity index is 2720. The van der Waals surface area contributed by atoms with Crippen molar-refractivity contribution in [2.75, 3.05) is 4.90 Å². The summed E-state index contributed by atoms with van der Waals surface area (Å²) in [5.74, 6) is 0. The molecule has 0 fully saturated rings. The van der Waals surface area contributed by atoms with E-state index in [4.69, 9.17) is 0 Å². The highest BCUT2D eigenvalue weighted by atomic mass is 15.1. The van der Waals surface area contributed by atoms with Crippen molar-refractivity contribution < 1.29 is 0 Å². The van der Waals surface area contributed by atoms with Crippen LogP contribution in [0.1, 0.15) is 22.3 Å². The van der Waals surface area contributed by atoms with E-state index in [1.807, 2.05) is 0 Å². The Hall–Kier alpha value is -6.96. The molecule has 2 aliphatic carbocycles. The van der Waals surface area contributed by atoms with Crippen molar-refractivity contribution in [3.05, 3.63) is 235 Å². The second-order valence-electron chi connectivity index (χ2n) is 14.4. The molecule has 0 heterocycles. The van der Waals surface area contributed by atoms with Crippen molar-refractivity contribution in [2.24, 2.45) is 0 Å². The van der Waals surface area contributed by atoms with Gasteiger partial charge in [-0.05, 0) is 114 Å². The predicted octanol–water partition coefficient (Wildman–Crippen LogP) is 14.0. The summed E-state index contributed by atoms with van der Waals surface area (Å²) in [6, 6.07) is 78.1. The lowest BCUT2D eigenvalue weighted by atomic mass is 9.69. The van der Waals surface area contributed by atoms with Gasteiger partial charge in [0.25, 0.3) is 0 Å². The van der Waals surface area contributed by atoms with E-state index in [0.717, 1.165) is 17.1 Å². The maximum atomic E-state index is 2.44. The third-order valence-electron chi connectivity index (χ3n) is 11.7. The zero-order valence-electron chi connectivity index (χ0n) is 29.7. The molecule has 0 bridgehead atoms. The molecule has 0 N–H and O–H groups in total. The fourth-order valence-electron chi connectivity index (χ4n) is 9.36. The monoisotopic (exact) mass is 685 g/mol. The third-order valence-corrected chi connectivity index (χ3v) is 11.7. The molecule has 0 saturated heterocycles. The first kappa shape index (κ1) is 30.6. The van der Waals surface area contributed by atoms with Crippen LogP contribution in [-0.2, 0) is 5.41 Å². The fourth-order valence-corrected chi connectivity index (χ4v) is 9.36. The summed E-state index contributed by atoms with van der Waals surface area (Å²) in [6.45, 7) is 0. The van der Waals surface area contributed by atoms with Crippen LogP contribution in [0.3, 0.4) is 0 Å². The molecule has 0 radical (unpaired) electrons. The Morgan fingerprint density at radius 2 is 0.759 bits per heavy atom. The molecule has 0 saturated carbocycles. The van der Waals surface area contributed by atoms with Crippen molar-refractivity contribution in [3.8, 4) is 44.5 Å². The fraction of sp³-hybridized carbons (Fsp3) is 0.0189. The van der Waals surface area contributed by atoms with Crippen molar-refractivity contribution in [1.82, 2.24) is 0 Å². The Kier molecular flexibility index (Phi) is 6.84. The average molecular weight is 686 g/mol. The second kappa shape index (κ2) is 12.0. The number of nitrogens with zero attached hydrogens (tertiary/aromatic N) is 1. The molecular weight excluding hydrogens is 651 g/mol. The van der Waals surface area contributed by atoms with E-state index < -0.39 is 5.41 Å². The zero-order valence-corrected chi connectivity index (χ0v) is 29.7. The molecule has 1 heteroatoms. The van der Waals surface area contributed by atoms with Gasteiger partial charge in [0, 0.05) is 17.1 Å². The Balaban J connectivity index is 1.14. The average Bonchev–Trinajstić information content (AvgIpc) is 3.72. The van der Waals surface area contributed by atoms with Crippen molar-refractivity contribution in [2.45, 2.75) is 5.41 Å². The summed E-state index contributed by atoms with van der Waals surface area (Å²) in [5.41, 5.74) is 18.5. The molecule has 1 spiro atoms. The molecule has 0 atom stereocenters. The van der Waals surface area contributed by atoms with Crippen LogP contribution in [0.25, 0.3) is 55.3 Å². The van der Waals surface area contributed by atoms with Gasteiger partial charge in [0.05, 0.1) is 5.41 Å². The van der Waals surface area contributed by atoms with Crippen LogP contribution < -0.4 is 4.90 Å². The van der Waals surface area contributed by atoms with Gasteiger partial charge < -0.3 is 4.90 Å². The van der Waals surface area contributed by atoms with E-state index in [9.17, 15) is 0 Å². The normalized spacial score (nSPS) is 13.0. The lowest BCUT2D eigenvalue weighted by Gasteiger charge is -2.32. The molecule has 0 aliphatic heterocycles. The summed E-state index contributed by atoms with van der Waals surface area (Å²) in [4.78, 5) is 2.41. The van der Waals surface area contributed by atoms with Crippen LogP contribution in [0, 0.1) is 0 Å². The van der Waals surface area contributed by atoms with Gasteiger partial charge in [-0.1, -0.05) is 176 Å². The third kappa shape index (κ3) is 4.45. The van der Waals surface area contributed by atoms with Crippen molar-refractivity contribution >= 4 is 27.8 Å².